The lowest BCUT2D eigenvalue weighted by molar-refractivity contribution is -0.189. The summed E-state index contributed by atoms with van der Waals surface area (Å²) in [7, 11) is 0. The van der Waals surface area contributed by atoms with E-state index >= 15 is 0 Å². The molecular weight excluding hydrogens is 459 g/mol. The number of benzene rings is 2. The van der Waals surface area contributed by atoms with Crippen LogP contribution in [0.1, 0.15) is 43.2 Å². The second kappa shape index (κ2) is 11.7. The Bertz CT molecular complexity index is 981. The molecule has 36 heavy (non-hydrogen) atoms. The first kappa shape index (κ1) is 25.2. The molecule has 0 unspecified atom stereocenters. The van der Waals surface area contributed by atoms with Crippen LogP contribution in [0.2, 0.25) is 0 Å². The topological polar surface area (TPSA) is 60.0 Å². The third-order valence-electron chi connectivity index (χ3n) is 7.86. The first-order valence-corrected chi connectivity index (χ1v) is 13.3. The minimum atomic E-state index is -0.582. The summed E-state index contributed by atoms with van der Waals surface area (Å²) in [5.41, 5.74) is 2.16. The van der Waals surface area contributed by atoms with Crippen molar-refractivity contribution in [2.24, 2.45) is 11.8 Å². The predicted molar refractivity (Wildman–Crippen MR) is 135 cm³/mol. The highest BCUT2D eigenvalue weighted by Gasteiger charge is 2.46. The third-order valence-corrected chi connectivity index (χ3v) is 7.86. The van der Waals surface area contributed by atoms with Gasteiger partial charge in [-0.25, -0.2) is 9.18 Å². The molecule has 1 N–H and O–H groups in total. The molecule has 3 atom stereocenters. The maximum atomic E-state index is 13.3. The first-order valence-electron chi connectivity index (χ1n) is 13.3. The largest absolute Gasteiger partial charge is 0.445 e. The Morgan fingerprint density at radius 2 is 1.83 bits per heavy atom. The van der Waals surface area contributed by atoms with Gasteiger partial charge in [0, 0.05) is 32.0 Å². The Morgan fingerprint density at radius 1 is 1.06 bits per heavy atom. The Kier molecular flexibility index (Phi) is 8.19. The quantitative estimate of drug-likeness (QED) is 0.590. The van der Waals surface area contributed by atoms with E-state index in [1.807, 2.05) is 42.5 Å². The van der Waals surface area contributed by atoms with Gasteiger partial charge in [-0.15, -0.1) is 0 Å². The van der Waals surface area contributed by atoms with Crippen molar-refractivity contribution >= 4 is 6.09 Å². The van der Waals surface area contributed by atoms with Crippen LogP contribution in [0.3, 0.4) is 0 Å². The van der Waals surface area contributed by atoms with Crippen molar-refractivity contribution in [3.05, 3.63) is 71.5 Å². The molecule has 2 heterocycles. The lowest BCUT2D eigenvalue weighted by Crippen LogP contribution is -2.54. The van der Waals surface area contributed by atoms with Gasteiger partial charge in [-0.1, -0.05) is 42.5 Å². The van der Waals surface area contributed by atoms with Crippen LogP contribution in [0.25, 0.3) is 0 Å². The molecule has 7 heteroatoms. The number of halogens is 1. The van der Waals surface area contributed by atoms with Crippen molar-refractivity contribution in [2.75, 3.05) is 32.8 Å². The number of piperidine rings is 1. The van der Waals surface area contributed by atoms with Crippen LogP contribution in [0.15, 0.2) is 54.6 Å². The summed E-state index contributed by atoms with van der Waals surface area (Å²) in [6.45, 7) is 4.48. The number of hydrogen-bond donors (Lipinski definition) is 1. The molecule has 194 valence electrons. The molecule has 1 saturated carbocycles. The van der Waals surface area contributed by atoms with Crippen molar-refractivity contribution in [3.63, 3.8) is 0 Å². The van der Waals surface area contributed by atoms with Crippen molar-refractivity contribution in [1.29, 1.82) is 0 Å². The van der Waals surface area contributed by atoms with E-state index in [0.29, 0.717) is 31.5 Å². The number of amides is 1. The van der Waals surface area contributed by atoms with Gasteiger partial charge in [-0.3, -0.25) is 0 Å². The molecule has 2 aliphatic heterocycles. The molecule has 0 radical (unpaired) electrons. The number of ether oxygens (including phenoxy) is 3. The van der Waals surface area contributed by atoms with Crippen LogP contribution >= 0.6 is 0 Å². The molecular formula is C29H37FN2O4. The zero-order valence-electron chi connectivity index (χ0n) is 20.9. The van der Waals surface area contributed by atoms with E-state index in [0.717, 1.165) is 50.9 Å². The predicted octanol–water partition coefficient (Wildman–Crippen LogP) is 4.92. The molecule has 0 bridgehead atoms. The zero-order chi connectivity index (χ0) is 24.8. The SMILES string of the molecule is O=C(N[C@@H]1CC2(CC[C@H]1CN1CCC[C@@H](Cc3ccc(F)cc3)C1)OCCO2)OCc1ccccc1. The summed E-state index contributed by atoms with van der Waals surface area (Å²) in [5.74, 6) is 0.0938. The van der Waals surface area contributed by atoms with Crippen LogP contribution in [0.4, 0.5) is 9.18 Å². The molecule has 3 aliphatic rings. The first-order chi connectivity index (χ1) is 17.6. The van der Waals surface area contributed by atoms with Crippen molar-refractivity contribution in [2.45, 2.75) is 57.0 Å². The van der Waals surface area contributed by atoms with Crippen molar-refractivity contribution in [1.82, 2.24) is 10.2 Å². The Balaban J connectivity index is 1.18. The van der Waals surface area contributed by atoms with Gasteiger partial charge >= 0.3 is 6.09 Å². The van der Waals surface area contributed by atoms with Crippen LogP contribution in [0.5, 0.6) is 0 Å². The van der Waals surface area contributed by atoms with Crippen molar-refractivity contribution < 1.29 is 23.4 Å². The molecule has 2 aromatic carbocycles. The molecule has 0 aromatic heterocycles. The summed E-state index contributed by atoms with van der Waals surface area (Å²) in [6.07, 6.45) is 5.36. The fraction of sp³-hybridized carbons (Fsp3) is 0.552. The number of carbonyl (C=O) groups is 1. The molecule has 1 aliphatic carbocycles. The fourth-order valence-corrected chi connectivity index (χ4v) is 6.04. The molecule has 5 rings (SSSR count). The number of alkyl carbamates (subject to hydrolysis) is 1. The Labute approximate surface area is 213 Å². The van der Waals surface area contributed by atoms with Crippen LogP contribution in [0, 0.1) is 17.7 Å². The van der Waals surface area contributed by atoms with Gasteiger partial charge in [-0.2, -0.15) is 0 Å². The zero-order valence-corrected chi connectivity index (χ0v) is 20.9. The van der Waals surface area contributed by atoms with E-state index < -0.39 is 11.9 Å². The average molecular weight is 497 g/mol. The van der Waals surface area contributed by atoms with Gasteiger partial charge in [0.15, 0.2) is 5.79 Å². The standard InChI is InChI=1S/C29H37FN2O4/c30-26-10-8-22(9-11-26)17-24-7-4-14-32(19-24)20-25-12-13-29(35-15-16-36-29)18-27(25)31-28(33)34-21-23-5-2-1-3-6-23/h1-3,5-6,8-11,24-25,27H,4,7,12-21H2,(H,31,33)/t24-,25-,27+/m0/s1. The van der Waals surface area contributed by atoms with E-state index in [4.69, 9.17) is 14.2 Å². The minimum absolute atomic E-state index is 0.0717. The average Bonchev–Trinajstić information content (AvgIpc) is 3.34. The van der Waals surface area contributed by atoms with Gasteiger partial charge < -0.3 is 24.4 Å². The van der Waals surface area contributed by atoms with E-state index in [1.165, 1.54) is 12.0 Å². The number of nitrogens with zero attached hydrogens (tertiary/aromatic N) is 1. The summed E-state index contributed by atoms with van der Waals surface area (Å²) >= 11 is 0. The van der Waals surface area contributed by atoms with Gasteiger partial charge in [0.25, 0.3) is 0 Å². The Hall–Kier alpha value is -2.48. The van der Waals surface area contributed by atoms with E-state index in [-0.39, 0.29) is 18.5 Å². The van der Waals surface area contributed by atoms with Crippen LogP contribution in [-0.2, 0) is 27.2 Å². The fourth-order valence-electron chi connectivity index (χ4n) is 6.04. The molecule has 6 nitrogen and oxygen atoms in total. The molecule has 1 spiro atoms. The third kappa shape index (κ3) is 6.64. The highest BCUT2D eigenvalue weighted by molar-refractivity contribution is 5.67. The highest BCUT2D eigenvalue weighted by atomic mass is 19.1. The number of carbonyl (C=O) groups excluding carboxylic acids is 1. The van der Waals surface area contributed by atoms with Gasteiger partial charge in [0.2, 0.25) is 0 Å². The van der Waals surface area contributed by atoms with Gasteiger partial charge in [0.1, 0.15) is 12.4 Å². The normalized spacial score (nSPS) is 26.1. The second-order valence-electron chi connectivity index (χ2n) is 10.5. The minimum Gasteiger partial charge on any atom is -0.445 e. The number of likely N-dealkylation sites (tertiary alicyclic amines) is 1. The number of nitrogens with one attached hydrogen (secondary N) is 1. The van der Waals surface area contributed by atoms with Crippen LogP contribution in [-0.4, -0.2) is 55.7 Å². The van der Waals surface area contributed by atoms with E-state index in [2.05, 4.69) is 10.2 Å². The molecule has 2 aromatic rings. The highest BCUT2D eigenvalue weighted by Crippen LogP contribution is 2.39. The van der Waals surface area contributed by atoms with E-state index in [9.17, 15) is 9.18 Å². The summed E-state index contributed by atoms with van der Waals surface area (Å²) in [6, 6.07) is 16.6. The summed E-state index contributed by atoms with van der Waals surface area (Å²) < 4.78 is 30.8. The number of hydrogen-bond acceptors (Lipinski definition) is 5. The molecule has 3 fully saturated rings. The van der Waals surface area contributed by atoms with Gasteiger partial charge in [0.05, 0.1) is 13.2 Å². The lowest BCUT2D eigenvalue weighted by Gasteiger charge is -2.44. The lowest BCUT2D eigenvalue weighted by atomic mass is 9.80. The Morgan fingerprint density at radius 3 is 2.61 bits per heavy atom. The smallest absolute Gasteiger partial charge is 0.407 e. The summed E-state index contributed by atoms with van der Waals surface area (Å²) in [5, 5.41) is 3.15. The van der Waals surface area contributed by atoms with Crippen LogP contribution < -0.4 is 5.32 Å². The summed E-state index contributed by atoms with van der Waals surface area (Å²) in [4.78, 5) is 15.3. The second-order valence-corrected chi connectivity index (χ2v) is 10.5. The molecule has 2 saturated heterocycles. The van der Waals surface area contributed by atoms with Gasteiger partial charge in [-0.05, 0) is 67.3 Å². The maximum absolute atomic E-state index is 13.3. The monoisotopic (exact) mass is 496 g/mol. The maximum Gasteiger partial charge on any atom is 0.407 e. The number of rotatable bonds is 7. The molecule has 1 amide bonds. The van der Waals surface area contributed by atoms with Crippen molar-refractivity contribution in [3.8, 4) is 0 Å². The van der Waals surface area contributed by atoms with E-state index in [1.54, 1.807) is 12.1 Å².